The normalized spacial score (nSPS) is 17.4. The first-order valence-electron chi connectivity index (χ1n) is 8.89. The molecule has 0 aliphatic carbocycles. The molecule has 1 aliphatic heterocycles. The largest absolute Gasteiger partial charge is 0.361 e. The Morgan fingerprint density at radius 2 is 1.81 bits per heavy atom. The van der Waals surface area contributed by atoms with Crippen molar-refractivity contribution in [2.75, 3.05) is 6.54 Å². The second-order valence-electron chi connectivity index (χ2n) is 6.62. The molecular weight excluding hydrogens is 326 g/mol. The fourth-order valence-corrected chi connectivity index (χ4v) is 3.49. The van der Waals surface area contributed by atoms with Gasteiger partial charge in [0.1, 0.15) is 0 Å². The summed E-state index contributed by atoms with van der Waals surface area (Å²) in [6.07, 6.45) is 3.05. The van der Waals surface area contributed by atoms with Crippen LogP contribution in [0.3, 0.4) is 0 Å². The van der Waals surface area contributed by atoms with E-state index in [9.17, 15) is 9.59 Å². The van der Waals surface area contributed by atoms with Crippen molar-refractivity contribution in [1.82, 2.24) is 15.2 Å². The first kappa shape index (κ1) is 16.5. The second-order valence-corrected chi connectivity index (χ2v) is 6.62. The molecule has 2 amide bonds. The Balaban J connectivity index is 1.35. The number of likely N-dealkylation sites (tertiary alicyclic amines) is 1. The topological polar surface area (TPSA) is 65.2 Å². The molecule has 0 spiro atoms. The average molecular weight is 347 g/mol. The summed E-state index contributed by atoms with van der Waals surface area (Å²) in [7, 11) is 0. The molecule has 1 atom stereocenters. The average Bonchev–Trinajstić information content (AvgIpc) is 3.19. The van der Waals surface area contributed by atoms with Crippen LogP contribution < -0.4 is 5.32 Å². The third-order valence-corrected chi connectivity index (χ3v) is 4.89. The van der Waals surface area contributed by atoms with Gasteiger partial charge < -0.3 is 10.3 Å². The maximum Gasteiger partial charge on any atom is 0.247 e. The molecule has 1 saturated heterocycles. The van der Waals surface area contributed by atoms with Crippen LogP contribution in [0.2, 0.25) is 0 Å². The highest BCUT2D eigenvalue weighted by Gasteiger charge is 2.37. The van der Waals surface area contributed by atoms with Gasteiger partial charge in [0.15, 0.2) is 0 Å². The van der Waals surface area contributed by atoms with E-state index in [1.807, 2.05) is 54.7 Å². The summed E-state index contributed by atoms with van der Waals surface area (Å²) in [5, 5.41) is 4.46. The lowest BCUT2D eigenvalue weighted by Gasteiger charge is -2.15. The lowest BCUT2D eigenvalue weighted by molar-refractivity contribution is -0.139. The Morgan fingerprint density at radius 1 is 1.04 bits per heavy atom. The van der Waals surface area contributed by atoms with Gasteiger partial charge in [-0.2, -0.15) is 0 Å². The van der Waals surface area contributed by atoms with E-state index in [0.29, 0.717) is 13.1 Å². The number of para-hydroxylation sites is 1. The number of aromatic nitrogens is 1. The fraction of sp³-hybridized carbons (Fsp3) is 0.238. The number of hydrogen-bond donors (Lipinski definition) is 2. The SMILES string of the molecule is O=C1C[C@H](NCCc2c[nH]c3ccccc23)C(=O)N1Cc1ccccc1. The Bertz CT molecular complexity index is 933. The van der Waals surface area contributed by atoms with Crippen LogP contribution in [0.25, 0.3) is 10.9 Å². The quantitative estimate of drug-likeness (QED) is 0.674. The lowest BCUT2D eigenvalue weighted by atomic mass is 10.1. The number of nitrogens with one attached hydrogen (secondary N) is 2. The molecule has 0 saturated carbocycles. The fourth-order valence-electron chi connectivity index (χ4n) is 3.49. The number of benzene rings is 2. The highest BCUT2D eigenvalue weighted by Crippen LogP contribution is 2.19. The van der Waals surface area contributed by atoms with Crippen LogP contribution in [-0.2, 0) is 22.6 Å². The summed E-state index contributed by atoms with van der Waals surface area (Å²) < 4.78 is 0. The monoisotopic (exact) mass is 347 g/mol. The molecule has 1 fully saturated rings. The molecular formula is C21H21N3O2. The Hall–Kier alpha value is -2.92. The molecule has 5 nitrogen and oxygen atoms in total. The zero-order valence-electron chi connectivity index (χ0n) is 14.4. The van der Waals surface area contributed by atoms with Crippen LogP contribution in [0.5, 0.6) is 0 Å². The molecule has 4 rings (SSSR count). The summed E-state index contributed by atoms with van der Waals surface area (Å²) in [6, 6.07) is 17.4. The highest BCUT2D eigenvalue weighted by atomic mass is 16.2. The molecule has 2 aromatic carbocycles. The van der Waals surface area contributed by atoms with Gasteiger partial charge in [0.05, 0.1) is 19.0 Å². The molecule has 0 radical (unpaired) electrons. The predicted molar refractivity (Wildman–Crippen MR) is 100 cm³/mol. The maximum absolute atomic E-state index is 12.6. The first-order chi connectivity index (χ1) is 12.7. The van der Waals surface area contributed by atoms with E-state index >= 15 is 0 Å². The van der Waals surface area contributed by atoms with Gasteiger partial charge in [-0.25, -0.2) is 0 Å². The second kappa shape index (κ2) is 7.14. The van der Waals surface area contributed by atoms with E-state index in [-0.39, 0.29) is 18.2 Å². The van der Waals surface area contributed by atoms with E-state index in [0.717, 1.165) is 17.5 Å². The van der Waals surface area contributed by atoms with Crippen molar-refractivity contribution in [2.45, 2.75) is 25.4 Å². The molecule has 1 aromatic heterocycles. The van der Waals surface area contributed by atoms with Gasteiger partial charge >= 0.3 is 0 Å². The number of carbonyl (C=O) groups is 2. The summed E-state index contributed by atoms with van der Waals surface area (Å²) in [4.78, 5) is 29.4. The predicted octanol–water partition coefficient (Wildman–Crippen LogP) is 2.63. The highest BCUT2D eigenvalue weighted by molar-refractivity contribution is 6.05. The molecule has 1 aliphatic rings. The van der Waals surface area contributed by atoms with Crippen molar-refractivity contribution in [3.63, 3.8) is 0 Å². The van der Waals surface area contributed by atoms with Gasteiger partial charge in [-0.15, -0.1) is 0 Å². The number of fused-ring (bicyclic) bond motifs is 1. The Morgan fingerprint density at radius 3 is 2.65 bits per heavy atom. The summed E-state index contributed by atoms with van der Waals surface area (Å²) in [5.74, 6) is -0.235. The van der Waals surface area contributed by atoms with E-state index in [1.165, 1.54) is 15.8 Å². The minimum atomic E-state index is -0.420. The zero-order chi connectivity index (χ0) is 17.9. The molecule has 2 heterocycles. The van der Waals surface area contributed by atoms with Gasteiger partial charge in [-0.1, -0.05) is 48.5 Å². The van der Waals surface area contributed by atoms with Crippen LogP contribution in [0.15, 0.2) is 60.8 Å². The van der Waals surface area contributed by atoms with Crippen LogP contribution in [-0.4, -0.2) is 34.3 Å². The molecule has 2 N–H and O–H groups in total. The standard InChI is InChI=1S/C21H21N3O2/c25-20-12-19(21(26)24(20)14-15-6-2-1-3-7-15)22-11-10-16-13-23-18-9-5-4-8-17(16)18/h1-9,13,19,22-23H,10-12,14H2/t19-/m0/s1. The lowest BCUT2D eigenvalue weighted by Crippen LogP contribution is -2.39. The minimum absolute atomic E-state index is 0.108. The molecule has 5 heteroatoms. The van der Waals surface area contributed by atoms with Gasteiger partial charge in [-0.3, -0.25) is 14.5 Å². The number of rotatable bonds is 6. The molecule has 0 unspecified atom stereocenters. The molecule has 0 bridgehead atoms. The van der Waals surface area contributed by atoms with Crippen LogP contribution >= 0.6 is 0 Å². The van der Waals surface area contributed by atoms with Crippen molar-refractivity contribution in [3.05, 3.63) is 71.9 Å². The number of carbonyl (C=O) groups excluding carboxylic acids is 2. The van der Waals surface area contributed by atoms with Gasteiger partial charge in [0.2, 0.25) is 11.8 Å². The number of hydrogen-bond acceptors (Lipinski definition) is 3. The molecule has 26 heavy (non-hydrogen) atoms. The van der Waals surface area contributed by atoms with Gasteiger partial charge in [0.25, 0.3) is 0 Å². The van der Waals surface area contributed by atoms with Gasteiger partial charge in [-0.05, 0) is 23.6 Å². The van der Waals surface area contributed by atoms with Crippen LogP contribution in [0, 0.1) is 0 Å². The minimum Gasteiger partial charge on any atom is -0.361 e. The van der Waals surface area contributed by atoms with E-state index < -0.39 is 6.04 Å². The van der Waals surface area contributed by atoms with Crippen molar-refractivity contribution < 1.29 is 9.59 Å². The van der Waals surface area contributed by atoms with E-state index in [4.69, 9.17) is 0 Å². The molecule has 132 valence electrons. The summed E-state index contributed by atoms with van der Waals surface area (Å²) in [6.45, 7) is 1.00. The van der Waals surface area contributed by atoms with Crippen molar-refractivity contribution >= 4 is 22.7 Å². The Labute approximate surface area is 152 Å². The summed E-state index contributed by atoms with van der Waals surface area (Å²) >= 11 is 0. The third-order valence-electron chi connectivity index (χ3n) is 4.89. The zero-order valence-corrected chi connectivity index (χ0v) is 14.4. The van der Waals surface area contributed by atoms with E-state index in [2.05, 4.69) is 16.4 Å². The smallest absolute Gasteiger partial charge is 0.247 e. The Kier molecular flexibility index (Phi) is 4.54. The number of imide groups is 1. The number of aromatic amines is 1. The molecule has 3 aromatic rings. The number of nitrogens with zero attached hydrogens (tertiary/aromatic N) is 1. The summed E-state index contributed by atoms with van der Waals surface area (Å²) in [5.41, 5.74) is 3.29. The van der Waals surface area contributed by atoms with Crippen LogP contribution in [0.1, 0.15) is 17.5 Å². The number of H-pyrrole nitrogens is 1. The first-order valence-corrected chi connectivity index (χ1v) is 8.89. The van der Waals surface area contributed by atoms with Crippen LogP contribution in [0.4, 0.5) is 0 Å². The third kappa shape index (κ3) is 3.26. The maximum atomic E-state index is 12.6. The number of amides is 2. The van der Waals surface area contributed by atoms with Crippen molar-refractivity contribution in [1.29, 1.82) is 0 Å². The van der Waals surface area contributed by atoms with Gasteiger partial charge in [0, 0.05) is 23.6 Å². The van der Waals surface area contributed by atoms with Crippen molar-refractivity contribution in [3.8, 4) is 0 Å². The van der Waals surface area contributed by atoms with E-state index in [1.54, 1.807) is 0 Å². The van der Waals surface area contributed by atoms with Crippen molar-refractivity contribution in [2.24, 2.45) is 0 Å².